The number of rotatable bonds is 3. The van der Waals surface area contributed by atoms with E-state index in [1.165, 1.54) is 11.3 Å². The van der Waals surface area contributed by atoms with Crippen LogP contribution in [0.3, 0.4) is 0 Å². The highest BCUT2D eigenvalue weighted by molar-refractivity contribution is 7.22. The van der Waals surface area contributed by atoms with Gasteiger partial charge in [0, 0.05) is 9.75 Å². The highest BCUT2D eigenvalue weighted by Crippen LogP contribution is 2.42. The summed E-state index contributed by atoms with van der Waals surface area (Å²) in [7, 11) is 0. The number of nitrogens with one attached hydrogen (secondary N) is 1. The second-order valence-electron chi connectivity index (χ2n) is 7.05. The summed E-state index contributed by atoms with van der Waals surface area (Å²) >= 11 is 3.10. The van der Waals surface area contributed by atoms with Crippen LogP contribution in [0.4, 0.5) is 0 Å². The Hall–Kier alpha value is -3.48. The Bertz CT molecular complexity index is 1560. The van der Waals surface area contributed by atoms with Crippen LogP contribution in [0, 0.1) is 0 Å². The van der Waals surface area contributed by atoms with Crippen molar-refractivity contribution in [2.45, 2.75) is 0 Å². The van der Waals surface area contributed by atoms with E-state index in [2.05, 4.69) is 22.1 Å². The molecule has 0 radical (unpaired) electrons. The first kappa shape index (κ1) is 17.4. The third kappa shape index (κ3) is 2.58. The molecule has 0 unspecified atom stereocenters. The number of aromatic nitrogens is 1. The molecule has 1 aliphatic rings. The first-order valence-corrected chi connectivity index (χ1v) is 11.1. The number of H-pyrrole nitrogens is 1. The van der Waals surface area contributed by atoms with Crippen molar-refractivity contribution in [2.24, 2.45) is 4.99 Å². The lowest BCUT2D eigenvalue weighted by atomic mass is 10.1. The molecule has 0 atom stereocenters. The van der Waals surface area contributed by atoms with Crippen LogP contribution in [0.25, 0.3) is 36.7 Å². The zero-order valence-electron chi connectivity index (χ0n) is 15.5. The van der Waals surface area contributed by atoms with E-state index in [4.69, 9.17) is 0 Å². The summed E-state index contributed by atoms with van der Waals surface area (Å²) in [6.07, 6.45) is 0. The summed E-state index contributed by atoms with van der Waals surface area (Å²) in [5.41, 5.74) is 4.03. The molecule has 0 aliphatic carbocycles. The molecule has 1 amide bonds. The average Bonchev–Trinajstić information content (AvgIpc) is 3.49. The van der Waals surface area contributed by atoms with Crippen molar-refractivity contribution in [1.82, 2.24) is 4.98 Å². The monoisotopic (exact) mass is 426 g/mol. The second kappa shape index (κ2) is 6.52. The molecule has 2 N–H and O–H groups in total. The predicted molar refractivity (Wildman–Crippen MR) is 121 cm³/mol. The van der Waals surface area contributed by atoms with Crippen LogP contribution in [-0.4, -0.2) is 16.0 Å². The first-order valence-electron chi connectivity index (χ1n) is 9.42. The topological polar surface area (TPSA) is 65.4 Å². The fraction of sp³-hybridized carbons (Fsp3) is 0. The van der Waals surface area contributed by atoms with Gasteiger partial charge in [0.15, 0.2) is 5.88 Å². The summed E-state index contributed by atoms with van der Waals surface area (Å²) < 4.78 is 1.68. The number of carbonyl (C=O) groups is 1. The number of carbonyl (C=O) groups excluding carboxylic acids is 1. The molecule has 30 heavy (non-hydrogen) atoms. The number of benzene rings is 2. The van der Waals surface area contributed by atoms with Gasteiger partial charge < -0.3 is 10.1 Å². The molecule has 1 aliphatic heterocycles. The fourth-order valence-electron chi connectivity index (χ4n) is 3.81. The Morgan fingerprint density at radius 3 is 2.13 bits per heavy atom. The van der Waals surface area contributed by atoms with Crippen LogP contribution in [-0.2, 0) is 4.79 Å². The van der Waals surface area contributed by atoms with Crippen LogP contribution >= 0.6 is 22.7 Å². The minimum atomic E-state index is -0.304. The molecule has 6 rings (SSSR count). The number of nitrogens with zero attached hydrogens (tertiary/aromatic N) is 1. The second-order valence-corrected chi connectivity index (χ2v) is 9.16. The van der Waals surface area contributed by atoms with Gasteiger partial charge in [0.1, 0.15) is 0 Å². The van der Waals surface area contributed by atoms with Gasteiger partial charge in [-0.1, -0.05) is 60.7 Å². The summed E-state index contributed by atoms with van der Waals surface area (Å²) in [5.74, 6) is -0.293. The number of thiophene rings is 2. The Labute approximate surface area is 179 Å². The third-order valence-corrected chi connectivity index (χ3v) is 7.58. The van der Waals surface area contributed by atoms with Gasteiger partial charge in [0.25, 0.3) is 5.91 Å². The van der Waals surface area contributed by atoms with E-state index in [-0.39, 0.29) is 11.8 Å². The van der Waals surface area contributed by atoms with Gasteiger partial charge >= 0.3 is 0 Å². The Morgan fingerprint density at radius 1 is 0.833 bits per heavy atom. The number of hydrogen-bond acceptors (Lipinski definition) is 4. The minimum Gasteiger partial charge on any atom is -0.494 e. The summed E-state index contributed by atoms with van der Waals surface area (Å²) in [6, 6.07) is 24.1. The lowest BCUT2D eigenvalue weighted by Gasteiger charge is -2.00. The number of fused-ring (bicyclic) bond motifs is 2. The quantitative estimate of drug-likeness (QED) is 0.440. The molecule has 2 aromatic carbocycles. The van der Waals surface area contributed by atoms with E-state index in [0.717, 1.165) is 35.6 Å². The van der Waals surface area contributed by atoms with Gasteiger partial charge in [-0.05, 0) is 23.3 Å². The molecule has 4 heterocycles. The maximum absolute atomic E-state index is 12.8. The third-order valence-electron chi connectivity index (χ3n) is 5.19. The average molecular weight is 427 g/mol. The maximum Gasteiger partial charge on any atom is 0.279 e. The fourth-order valence-corrected chi connectivity index (χ4v) is 6.13. The van der Waals surface area contributed by atoms with Crippen molar-refractivity contribution in [1.29, 1.82) is 0 Å². The molecule has 0 fully saturated rings. The minimum absolute atomic E-state index is 0.0110. The van der Waals surface area contributed by atoms with Crippen molar-refractivity contribution < 1.29 is 9.90 Å². The van der Waals surface area contributed by atoms with Crippen molar-refractivity contribution in [3.8, 4) is 26.8 Å². The highest BCUT2D eigenvalue weighted by atomic mass is 32.1. The largest absolute Gasteiger partial charge is 0.494 e. The SMILES string of the molecule is O=C1N=c2cc(-c3ccccc3)sc2=C1c1c(O)[nH]c2cc(-c3ccccc3)sc12. The van der Waals surface area contributed by atoms with Crippen molar-refractivity contribution in [3.05, 3.63) is 88.2 Å². The Morgan fingerprint density at radius 2 is 1.47 bits per heavy atom. The van der Waals surface area contributed by atoms with Crippen molar-refractivity contribution >= 4 is 44.4 Å². The lowest BCUT2D eigenvalue weighted by molar-refractivity contribution is -0.112. The lowest BCUT2D eigenvalue weighted by Crippen LogP contribution is -2.15. The zero-order chi connectivity index (χ0) is 20.2. The molecular weight excluding hydrogens is 412 g/mol. The molecule has 0 bridgehead atoms. The first-order chi connectivity index (χ1) is 14.7. The Kier molecular flexibility index (Phi) is 3.78. The zero-order valence-corrected chi connectivity index (χ0v) is 17.2. The number of aromatic amines is 1. The van der Waals surface area contributed by atoms with E-state index in [1.54, 1.807) is 11.3 Å². The van der Waals surface area contributed by atoms with Gasteiger partial charge in [-0.3, -0.25) is 4.79 Å². The molecule has 144 valence electrons. The molecule has 0 saturated carbocycles. The number of aromatic hydroxyl groups is 1. The number of amides is 1. The van der Waals surface area contributed by atoms with Gasteiger partial charge in [-0.25, -0.2) is 4.99 Å². The summed E-state index contributed by atoms with van der Waals surface area (Å²) in [4.78, 5) is 22.2. The van der Waals surface area contributed by atoms with E-state index in [9.17, 15) is 9.90 Å². The van der Waals surface area contributed by atoms with Gasteiger partial charge in [0.05, 0.1) is 31.2 Å². The standard InChI is InChI=1S/C24H14N2O2S2/c27-23-19(21-15(25-23)11-17(29-21)13-7-3-1-4-8-13)20-22-16(26-24(20)28)12-18(30-22)14-9-5-2-6-10-14/h1-12,25,27H. The van der Waals surface area contributed by atoms with E-state index in [0.29, 0.717) is 16.5 Å². The van der Waals surface area contributed by atoms with E-state index < -0.39 is 0 Å². The molecule has 0 spiro atoms. The maximum atomic E-state index is 12.8. The van der Waals surface area contributed by atoms with Crippen LogP contribution in [0.2, 0.25) is 0 Å². The molecule has 4 nitrogen and oxygen atoms in total. The summed E-state index contributed by atoms with van der Waals surface area (Å²) in [5, 5.41) is 11.3. The van der Waals surface area contributed by atoms with E-state index in [1.807, 2.05) is 60.7 Å². The van der Waals surface area contributed by atoms with Crippen LogP contribution in [0.15, 0.2) is 77.8 Å². The predicted octanol–water partition coefficient (Wildman–Crippen LogP) is 4.69. The molecule has 3 aromatic heterocycles. The van der Waals surface area contributed by atoms with Crippen LogP contribution < -0.4 is 9.89 Å². The highest BCUT2D eigenvalue weighted by Gasteiger charge is 2.28. The number of hydrogen-bond donors (Lipinski definition) is 2. The summed E-state index contributed by atoms with van der Waals surface area (Å²) in [6.45, 7) is 0. The molecule has 0 saturated heterocycles. The normalized spacial score (nSPS) is 13.1. The van der Waals surface area contributed by atoms with Crippen LogP contribution in [0.5, 0.6) is 5.88 Å². The van der Waals surface area contributed by atoms with Crippen molar-refractivity contribution in [3.63, 3.8) is 0 Å². The van der Waals surface area contributed by atoms with E-state index >= 15 is 0 Å². The van der Waals surface area contributed by atoms with Gasteiger partial charge in [0.2, 0.25) is 0 Å². The van der Waals surface area contributed by atoms with Crippen molar-refractivity contribution in [2.75, 3.05) is 0 Å². The van der Waals surface area contributed by atoms with Gasteiger partial charge in [-0.15, -0.1) is 22.7 Å². The molecular formula is C24H14N2O2S2. The smallest absolute Gasteiger partial charge is 0.279 e. The van der Waals surface area contributed by atoms with Gasteiger partial charge in [-0.2, -0.15) is 0 Å². The molecule has 5 aromatic rings. The molecule has 6 heteroatoms. The van der Waals surface area contributed by atoms with Crippen LogP contribution in [0.1, 0.15) is 5.56 Å². The Balaban J connectivity index is 1.58.